The van der Waals surface area contributed by atoms with Gasteiger partial charge in [-0.15, -0.1) is 0 Å². The van der Waals surface area contributed by atoms with Crippen molar-refractivity contribution in [2.75, 3.05) is 14.2 Å². The molecule has 0 bridgehead atoms. The molecule has 3 rings (SSSR count). The van der Waals surface area contributed by atoms with E-state index in [0.717, 1.165) is 6.07 Å². The maximum Gasteiger partial charge on any atom is 0.281 e. The van der Waals surface area contributed by atoms with Crippen LogP contribution in [0.3, 0.4) is 0 Å². The van der Waals surface area contributed by atoms with Crippen molar-refractivity contribution in [1.29, 1.82) is 0 Å². The Hall–Kier alpha value is -3.22. The number of ketones is 2. The molecule has 7 heteroatoms. The number of nitro benzene ring substituents is 1. The molecule has 7 nitrogen and oxygen atoms in total. The summed E-state index contributed by atoms with van der Waals surface area (Å²) in [4.78, 5) is 36.2. The molecular formula is C16H11NO6. The number of methoxy groups -OCH3 is 2. The Bertz CT molecular complexity index is 871. The first-order valence-corrected chi connectivity index (χ1v) is 6.63. The van der Waals surface area contributed by atoms with E-state index >= 15 is 0 Å². The molecule has 0 fully saturated rings. The van der Waals surface area contributed by atoms with Crippen LogP contribution in [0.5, 0.6) is 11.5 Å². The standard InChI is InChI=1S/C16H11NO6/c1-22-10-5-3-4-8-12(10)16(19)13-9(17(20)21)6-7-11(23-2)14(13)15(8)18/h3-7H,1-2H3. The molecule has 0 aliphatic heterocycles. The van der Waals surface area contributed by atoms with Crippen molar-refractivity contribution in [3.8, 4) is 11.5 Å². The molecule has 0 saturated carbocycles. The fraction of sp³-hybridized carbons (Fsp3) is 0.125. The van der Waals surface area contributed by atoms with Gasteiger partial charge in [0.15, 0.2) is 5.78 Å². The molecule has 0 atom stereocenters. The first-order valence-electron chi connectivity index (χ1n) is 6.63. The number of rotatable bonds is 3. The summed E-state index contributed by atoms with van der Waals surface area (Å²) in [6, 6.07) is 7.06. The van der Waals surface area contributed by atoms with Crippen LogP contribution < -0.4 is 9.47 Å². The van der Waals surface area contributed by atoms with Crippen LogP contribution in [0.1, 0.15) is 31.8 Å². The van der Waals surface area contributed by atoms with Gasteiger partial charge in [-0.3, -0.25) is 19.7 Å². The number of hydrogen-bond donors (Lipinski definition) is 0. The Balaban J connectivity index is 2.41. The zero-order valence-electron chi connectivity index (χ0n) is 12.3. The third kappa shape index (κ3) is 1.97. The molecule has 116 valence electrons. The lowest BCUT2D eigenvalue weighted by Gasteiger charge is -2.20. The summed E-state index contributed by atoms with van der Waals surface area (Å²) in [7, 11) is 2.70. The summed E-state index contributed by atoms with van der Waals surface area (Å²) in [6.07, 6.45) is 0. The molecule has 1 aliphatic rings. The van der Waals surface area contributed by atoms with Crippen LogP contribution in [0.25, 0.3) is 0 Å². The molecule has 0 heterocycles. The van der Waals surface area contributed by atoms with E-state index in [9.17, 15) is 19.7 Å². The molecule has 0 N–H and O–H groups in total. The first-order chi connectivity index (χ1) is 11.0. The molecule has 2 aromatic rings. The molecule has 0 unspecified atom stereocenters. The smallest absolute Gasteiger partial charge is 0.281 e. The Morgan fingerprint density at radius 1 is 0.870 bits per heavy atom. The van der Waals surface area contributed by atoms with E-state index < -0.39 is 22.2 Å². The Morgan fingerprint density at radius 2 is 1.52 bits per heavy atom. The first kappa shape index (κ1) is 14.7. The largest absolute Gasteiger partial charge is 0.496 e. The average molecular weight is 313 g/mol. The van der Waals surface area contributed by atoms with E-state index in [0.29, 0.717) is 0 Å². The minimum Gasteiger partial charge on any atom is -0.496 e. The summed E-state index contributed by atoms with van der Waals surface area (Å²) < 4.78 is 10.2. The quantitative estimate of drug-likeness (QED) is 0.544. The van der Waals surface area contributed by atoms with E-state index in [4.69, 9.17) is 9.47 Å². The summed E-state index contributed by atoms with van der Waals surface area (Å²) in [6.45, 7) is 0. The SMILES string of the molecule is COc1cccc2c1C(=O)c1c([N+](=O)[O-])ccc(OC)c1C2=O. The van der Waals surface area contributed by atoms with Gasteiger partial charge in [-0.25, -0.2) is 0 Å². The highest BCUT2D eigenvalue weighted by Crippen LogP contribution is 2.40. The summed E-state index contributed by atoms with van der Waals surface area (Å²) in [5, 5.41) is 11.3. The molecule has 0 amide bonds. The summed E-state index contributed by atoms with van der Waals surface area (Å²) in [5.74, 6) is -0.812. The average Bonchev–Trinajstić information content (AvgIpc) is 2.57. The van der Waals surface area contributed by atoms with Crippen LogP contribution in [-0.2, 0) is 0 Å². The van der Waals surface area contributed by atoms with Gasteiger partial charge in [-0.05, 0) is 12.1 Å². The van der Waals surface area contributed by atoms with Gasteiger partial charge < -0.3 is 9.47 Å². The van der Waals surface area contributed by atoms with Crippen molar-refractivity contribution in [1.82, 2.24) is 0 Å². The molecule has 0 spiro atoms. The molecular weight excluding hydrogens is 302 g/mol. The fourth-order valence-electron chi connectivity index (χ4n) is 2.73. The minimum absolute atomic E-state index is 0.0313. The van der Waals surface area contributed by atoms with Crippen molar-refractivity contribution in [2.24, 2.45) is 0 Å². The minimum atomic E-state index is -0.691. The van der Waals surface area contributed by atoms with Crippen molar-refractivity contribution in [3.05, 3.63) is 62.7 Å². The molecule has 1 aliphatic carbocycles. The second-order valence-electron chi connectivity index (χ2n) is 4.84. The predicted octanol–water partition coefficient (Wildman–Crippen LogP) is 2.39. The van der Waals surface area contributed by atoms with Crippen LogP contribution in [0.2, 0.25) is 0 Å². The third-order valence-corrected chi connectivity index (χ3v) is 3.73. The normalized spacial score (nSPS) is 12.4. The monoisotopic (exact) mass is 313 g/mol. The maximum atomic E-state index is 12.8. The lowest BCUT2D eigenvalue weighted by molar-refractivity contribution is -0.385. The number of carbonyl (C=O) groups is 2. The van der Waals surface area contributed by atoms with E-state index in [1.54, 1.807) is 6.07 Å². The van der Waals surface area contributed by atoms with Gasteiger partial charge >= 0.3 is 0 Å². The van der Waals surface area contributed by atoms with E-state index in [-0.39, 0.29) is 33.8 Å². The van der Waals surface area contributed by atoms with E-state index in [2.05, 4.69) is 0 Å². The van der Waals surface area contributed by atoms with Crippen molar-refractivity contribution >= 4 is 17.3 Å². The molecule has 0 saturated heterocycles. The van der Waals surface area contributed by atoms with Crippen LogP contribution in [0.4, 0.5) is 5.69 Å². The second kappa shape index (κ2) is 5.20. The van der Waals surface area contributed by atoms with Gasteiger partial charge in [0.1, 0.15) is 17.1 Å². The van der Waals surface area contributed by atoms with Gasteiger partial charge in [0, 0.05) is 11.6 Å². The van der Waals surface area contributed by atoms with Crippen molar-refractivity contribution in [3.63, 3.8) is 0 Å². The predicted molar refractivity (Wildman–Crippen MR) is 79.5 cm³/mol. The number of nitro groups is 1. The third-order valence-electron chi connectivity index (χ3n) is 3.73. The number of fused-ring (bicyclic) bond motifs is 2. The number of carbonyl (C=O) groups excluding carboxylic acids is 2. The molecule has 2 aromatic carbocycles. The number of ether oxygens (including phenoxy) is 2. The number of hydrogen-bond acceptors (Lipinski definition) is 6. The van der Waals surface area contributed by atoms with Crippen molar-refractivity contribution < 1.29 is 24.0 Å². The maximum absolute atomic E-state index is 12.8. The zero-order chi connectivity index (χ0) is 16.7. The van der Waals surface area contributed by atoms with Crippen LogP contribution >= 0.6 is 0 Å². The summed E-state index contributed by atoms with van der Waals surface area (Å²) in [5.41, 5.74) is -0.621. The highest BCUT2D eigenvalue weighted by atomic mass is 16.6. The molecule has 0 aromatic heterocycles. The Kier molecular flexibility index (Phi) is 3.33. The fourth-order valence-corrected chi connectivity index (χ4v) is 2.73. The van der Waals surface area contributed by atoms with E-state index in [1.807, 2.05) is 0 Å². The second-order valence-corrected chi connectivity index (χ2v) is 4.84. The van der Waals surface area contributed by atoms with Gasteiger partial charge in [0.25, 0.3) is 5.69 Å². The van der Waals surface area contributed by atoms with Crippen LogP contribution in [-0.4, -0.2) is 30.7 Å². The molecule has 23 heavy (non-hydrogen) atoms. The van der Waals surface area contributed by atoms with Crippen molar-refractivity contribution in [2.45, 2.75) is 0 Å². The lowest BCUT2D eigenvalue weighted by atomic mass is 9.82. The van der Waals surface area contributed by atoms with Crippen LogP contribution in [0.15, 0.2) is 30.3 Å². The number of nitrogens with zero attached hydrogens (tertiary/aromatic N) is 1. The zero-order valence-corrected chi connectivity index (χ0v) is 12.3. The van der Waals surface area contributed by atoms with Gasteiger partial charge in [-0.1, -0.05) is 12.1 Å². The Labute approximate surface area is 130 Å². The van der Waals surface area contributed by atoms with Gasteiger partial charge in [0.2, 0.25) is 5.78 Å². The number of benzene rings is 2. The Morgan fingerprint density at radius 3 is 2.13 bits per heavy atom. The highest BCUT2D eigenvalue weighted by Gasteiger charge is 2.39. The topological polar surface area (TPSA) is 95.7 Å². The van der Waals surface area contributed by atoms with E-state index in [1.165, 1.54) is 32.4 Å². The van der Waals surface area contributed by atoms with Gasteiger partial charge in [-0.2, -0.15) is 0 Å². The lowest BCUT2D eigenvalue weighted by Crippen LogP contribution is -2.23. The highest BCUT2D eigenvalue weighted by molar-refractivity contribution is 6.31. The van der Waals surface area contributed by atoms with Crippen LogP contribution in [0, 0.1) is 10.1 Å². The summed E-state index contributed by atoms with van der Waals surface area (Å²) >= 11 is 0. The van der Waals surface area contributed by atoms with Gasteiger partial charge in [0.05, 0.1) is 30.3 Å². The molecule has 0 radical (unpaired) electrons.